The molecule has 0 saturated carbocycles. The third kappa shape index (κ3) is 4.10. The number of hydrogen-bond acceptors (Lipinski definition) is 4. The first kappa shape index (κ1) is 14.6. The predicted molar refractivity (Wildman–Crippen MR) is 68.3 cm³/mol. The standard InChI is InChI=1S/C12H22N4O2/c1-5-6-12(4,18)7-13-11(17)10-14-9(8(2)3)15-16-10/h8,18H,5-7H2,1-4H3,(H,13,17)(H,14,15,16). The molecule has 0 aliphatic heterocycles. The van der Waals surface area contributed by atoms with Crippen molar-refractivity contribution >= 4 is 5.91 Å². The summed E-state index contributed by atoms with van der Waals surface area (Å²) in [6, 6.07) is 0. The van der Waals surface area contributed by atoms with Crippen LogP contribution in [0, 0.1) is 0 Å². The van der Waals surface area contributed by atoms with E-state index in [4.69, 9.17) is 0 Å². The summed E-state index contributed by atoms with van der Waals surface area (Å²) in [6.45, 7) is 7.82. The minimum absolute atomic E-state index is 0.117. The molecule has 1 rings (SSSR count). The Bertz CT molecular complexity index is 399. The van der Waals surface area contributed by atoms with Crippen LogP contribution in [0.15, 0.2) is 0 Å². The molecule has 18 heavy (non-hydrogen) atoms. The maximum Gasteiger partial charge on any atom is 0.291 e. The van der Waals surface area contributed by atoms with E-state index >= 15 is 0 Å². The average Bonchev–Trinajstić information content (AvgIpc) is 2.75. The van der Waals surface area contributed by atoms with Crippen molar-refractivity contribution in [3.8, 4) is 0 Å². The van der Waals surface area contributed by atoms with Crippen LogP contribution in [0.1, 0.15) is 62.9 Å². The number of aliphatic hydroxyl groups is 1. The molecule has 6 heteroatoms. The van der Waals surface area contributed by atoms with Gasteiger partial charge in [0.05, 0.1) is 5.60 Å². The number of aromatic amines is 1. The monoisotopic (exact) mass is 254 g/mol. The molecule has 1 unspecified atom stereocenters. The maximum absolute atomic E-state index is 11.8. The van der Waals surface area contributed by atoms with Crippen molar-refractivity contribution in [2.24, 2.45) is 0 Å². The number of nitrogens with zero attached hydrogens (tertiary/aromatic N) is 2. The Morgan fingerprint density at radius 1 is 1.56 bits per heavy atom. The number of carbonyl (C=O) groups is 1. The first-order chi connectivity index (χ1) is 8.35. The zero-order chi connectivity index (χ0) is 13.8. The lowest BCUT2D eigenvalue weighted by molar-refractivity contribution is 0.0467. The van der Waals surface area contributed by atoms with Crippen molar-refractivity contribution in [1.29, 1.82) is 0 Å². The molecule has 0 radical (unpaired) electrons. The Labute approximate surface area is 107 Å². The van der Waals surface area contributed by atoms with Gasteiger partial charge in [0.15, 0.2) is 0 Å². The fourth-order valence-electron chi connectivity index (χ4n) is 1.61. The number of nitrogens with one attached hydrogen (secondary N) is 2. The fourth-order valence-corrected chi connectivity index (χ4v) is 1.61. The number of carbonyl (C=O) groups excluding carboxylic acids is 1. The molecule has 1 aromatic heterocycles. The molecular formula is C12H22N4O2. The lowest BCUT2D eigenvalue weighted by Gasteiger charge is -2.22. The first-order valence-corrected chi connectivity index (χ1v) is 6.28. The topological polar surface area (TPSA) is 90.9 Å². The minimum Gasteiger partial charge on any atom is -0.388 e. The molecule has 0 saturated heterocycles. The van der Waals surface area contributed by atoms with Crippen LogP contribution in [0.4, 0.5) is 0 Å². The molecule has 3 N–H and O–H groups in total. The van der Waals surface area contributed by atoms with Crippen LogP contribution in [0.2, 0.25) is 0 Å². The summed E-state index contributed by atoms with van der Waals surface area (Å²) in [6.07, 6.45) is 1.50. The third-order valence-electron chi connectivity index (χ3n) is 2.67. The molecule has 1 atom stereocenters. The highest BCUT2D eigenvalue weighted by atomic mass is 16.3. The van der Waals surface area contributed by atoms with Crippen LogP contribution in [0.3, 0.4) is 0 Å². The smallest absolute Gasteiger partial charge is 0.291 e. The van der Waals surface area contributed by atoms with Crippen molar-refractivity contribution in [1.82, 2.24) is 20.5 Å². The number of hydrogen-bond donors (Lipinski definition) is 3. The van der Waals surface area contributed by atoms with Crippen molar-refractivity contribution in [3.63, 3.8) is 0 Å². The van der Waals surface area contributed by atoms with Crippen molar-refractivity contribution in [3.05, 3.63) is 11.6 Å². The quantitative estimate of drug-likeness (QED) is 0.711. The highest BCUT2D eigenvalue weighted by molar-refractivity contribution is 5.90. The Morgan fingerprint density at radius 2 is 2.22 bits per heavy atom. The summed E-state index contributed by atoms with van der Waals surface area (Å²) in [5, 5.41) is 19.2. The highest BCUT2D eigenvalue weighted by Crippen LogP contribution is 2.11. The van der Waals surface area contributed by atoms with Crippen LogP contribution in [-0.4, -0.2) is 38.3 Å². The second-order valence-electron chi connectivity index (χ2n) is 5.13. The minimum atomic E-state index is -0.887. The molecule has 1 amide bonds. The predicted octanol–water partition coefficient (Wildman–Crippen LogP) is 1.21. The largest absolute Gasteiger partial charge is 0.388 e. The van der Waals surface area contributed by atoms with Gasteiger partial charge >= 0.3 is 0 Å². The van der Waals surface area contributed by atoms with Crippen molar-refractivity contribution in [2.45, 2.75) is 52.1 Å². The van der Waals surface area contributed by atoms with Gasteiger partial charge in [0, 0.05) is 12.5 Å². The molecule has 0 bridgehead atoms. The number of H-pyrrole nitrogens is 1. The van der Waals surface area contributed by atoms with Crippen LogP contribution in [0.25, 0.3) is 0 Å². The Kier molecular flexibility index (Phi) is 4.84. The highest BCUT2D eigenvalue weighted by Gasteiger charge is 2.21. The summed E-state index contributed by atoms with van der Waals surface area (Å²) >= 11 is 0. The average molecular weight is 254 g/mol. The number of amides is 1. The fraction of sp³-hybridized carbons (Fsp3) is 0.750. The van der Waals surface area contributed by atoms with E-state index in [2.05, 4.69) is 20.5 Å². The van der Waals surface area contributed by atoms with E-state index < -0.39 is 5.60 Å². The molecule has 0 aromatic carbocycles. The Morgan fingerprint density at radius 3 is 2.72 bits per heavy atom. The third-order valence-corrected chi connectivity index (χ3v) is 2.67. The van der Waals surface area contributed by atoms with Gasteiger partial charge in [0.2, 0.25) is 5.82 Å². The van der Waals surface area contributed by atoms with Gasteiger partial charge in [-0.3, -0.25) is 9.89 Å². The van der Waals surface area contributed by atoms with E-state index in [0.717, 1.165) is 6.42 Å². The molecular weight excluding hydrogens is 232 g/mol. The number of rotatable bonds is 6. The van der Waals surface area contributed by atoms with Gasteiger partial charge in [0.1, 0.15) is 5.82 Å². The van der Waals surface area contributed by atoms with Crippen molar-refractivity contribution < 1.29 is 9.90 Å². The second-order valence-corrected chi connectivity index (χ2v) is 5.13. The zero-order valence-corrected chi connectivity index (χ0v) is 11.4. The molecule has 0 aliphatic rings. The number of aromatic nitrogens is 3. The van der Waals surface area contributed by atoms with Crippen LogP contribution >= 0.6 is 0 Å². The molecule has 102 valence electrons. The Hall–Kier alpha value is -1.43. The summed E-state index contributed by atoms with van der Waals surface area (Å²) in [5.74, 6) is 0.628. The van der Waals surface area contributed by atoms with Gasteiger partial charge in [-0.25, -0.2) is 4.98 Å². The second kappa shape index (κ2) is 5.95. The zero-order valence-electron chi connectivity index (χ0n) is 11.4. The van der Waals surface area contributed by atoms with E-state index in [1.165, 1.54) is 0 Å². The van der Waals surface area contributed by atoms with E-state index in [1.54, 1.807) is 6.92 Å². The van der Waals surface area contributed by atoms with Crippen molar-refractivity contribution in [2.75, 3.05) is 6.54 Å². The van der Waals surface area contributed by atoms with E-state index in [1.807, 2.05) is 20.8 Å². The van der Waals surface area contributed by atoms with Gasteiger partial charge in [-0.2, -0.15) is 0 Å². The lowest BCUT2D eigenvalue weighted by atomic mass is 10.0. The van der Waals surface area contributed by atoms with Crippen LogP contribution in [-0.2, 0) is 0 Å². The summed E-state index contributed by atoms with van der Waals surface area (Å²) < 4.78 is 0. The maximum atomic E-state index is 11.8. The lowest BCUT2D eigenvalue weighted by Crippen LogP contribution is -2.40. The van der Waals surface area contributed by atoms with Gasteiger partial charge in [-0.15, -0.1) is 5.10 Å². The van der Waals surface area contributed by atoms with Crippen LogP contribution in [0.5, 0.6) is 0 Å². The summed E-state index contributed by atoms with van der Waals surface area (Å²) in [4.78, 5) is 15.9. The van der Waals surface area contributed by atoms with Gasteiger partial charge < -0.3 is 10.4 Å². The normalized spacial score (nSPS) is 14.6. The van der Waals surface area contributed by atoms with E-state index in [9.17, 15) is 9.90 Å². The van der Waals surface area contributed by atoms with E-state index in [-0.39, 0.29) is 24.2 Å². The van der Waals surface area contributed by atoms with Crippen LogP contribution < -0.4 is 5.32 Å². The molecule has 6 nitrogen and oxygen atoms in total. The van der Waals surface area contributed by atoms with Gasteiger partial charge in [0.25, 0.3) is 5.91 Å². The summed E-state index contributed by atoms with van der Waals surface area (Å²) in [7, 11) is 0. The first-order valence-electron chi connectivity index (χ1n) is 6.28. The summed E-state index contributed by atoms with van der Waals surface area (Å²) in [5.41, 5.74) is -0.887. The molecule has 0 aliphatic carbocycles. The van der Waals surface area contributed by atoms with E-state index in [0.29, 0.717) is 12.2 Å². The Balaban J connectivity index is 2.55. The molecule has 1 heterocycles. The molecule has 0 spiro atoms. The SMILES string of the molecule is CCCC(C)(O)CNC(=O)c1n[nH]c(C(C)C)n1. The van der Waals surface area contributed by atoms with Gasteiger partial charge in [-0.05, 0) is 13.3 Å². The molecule has 1 aromatic rings. The molecule has 0 fully saturated rings. The van der Waals surface area contributed by atoms with Gasteiger partial charge in [-0.1, -0.05) is 27.2 Å².